The van der Waals surface area contributed by atoms with E-state index in [9.17, 15) is 4.57 Å². The highest BCUT2D eigenvalue weighted by Gasteiger charge is 2.24. The van der Waals surface area contributed by atoms with Crippen molar-refractivity contribution in [3.8, 4) is 0 Å². The van der Waals surface area contributed by atoms with Crippen molar-refractivity contribution >= 4 is 7.82 Å². The minimum atomic E-state index is -3.41. The van der Waals surface area contributed by atoms with Crippen molar-refractivity contribution in [2.45, 2.75) is 13.8 Å². The van der Waals surface area contributed by atoms with Crippen molar-refractivity contribution in [3.63, 3.8) is 0 Å². The summed E-state index contributed by atoms with van der Waals surface area (Å²) in [6.07, 6.45) is 1.35. The van der Waals surface area contributed by atoms with E-state index in [1.807, 2.05) is 0 Å². The van der Waals surface area contributed by atoms with Crippen LogP contribution in [0.5, 0.6) is 0 Å². The average Bonchev–Trinajstić information content (AvgIpc) is 2.28. The first kappa shape index (κ1) is 16.6. The van der Waals surface area contributed by atoms with Gasteiger partial charge in [-0.25, -0.2) is 4.57 Å². The number of ether oxygens (including phenoxy) is 2. The molecule has 7 heteroatoms. The van der Waals surface area contributed by atoms with Crippen molar-refractivity contribution in [1.29, 1.82) is 0 Å². The summed E-state index contributed by atoms with van der Waals surface area (Å²) >= 11 is 0. The molecular formula is C10H21O6P. The second-order valence-electron chi connectivity index (χ2n) is 2.77. The van der Waals surface area contributed by atoms with Crippen LogP contribution in [0.25, 0.3) is 0 Å². The lowest BCUT2D eigenvalue weighted by molar-refractivity contribution is 0.0482. The minimum Gasteiger partial charge on any atom is -0.499 e. The Balaban J connectivity index is 3.61. The lowest BCUT2D eigenvalue weighted by Gasteiger charge is -2.16. The van der Waals surface area contributed by atoms with E-state index in [1.54, 1.807) is 13.8 Å². The molecule has 0 aliphatic rings. The third kappa shape index (κ3) is 9.32. The summed E-state index contributed by atoms with van der Waals surface area (Å²) < 4.78 is 36.7. The fraction of sp³-hybridized carbons (Fsp3) is 0.800. The minimum absolute atomic E-state index is 0.144. The number of phosphoric acid groups is 1. The molecule has 0 aromatic heterocycles. The van der Waals surface area contributed by atoms with Gasteiger partial charge in [0.25, 0.3) is 0 Å². The first-order valence-corrected chi connectivity index (χ1v) is 6.98. The smallest absolute Gasteiger partial charge is 0.474 e. The third-order valence-corrected chi connectivity index (χ3v) is 3.16. The Hall–Kier alpha value is -0.390. The van der Waals surface area contributed by atoms with E-state index in [0.29, 0.717) is 19.8 Å². The molecule has 0 fully saturated rings. The molecule has 0 saturated heterocycles. The fourth-order valence-corrected chi connectivity index (χ4v) is 2.08. The Bertz CT molecular complexity index is 223. The van der Waals surface area contributed by atoms with E-state index in [4.69, 9.17) is 23.0 Å². The lowest BCUT2D eigenvalue weighted by Crippen LogP contribution is -2.09. The molecule has 0 aliphatic carbocycles. The van der Waals surface area contributed by atoms with E-state index in [2.05, 4.69) is 6.58 Å². The molecule has 0 radical (unpaired) electrons. The Kier molecular flexibility index (Phi) is 10.5. The van der Waals surface area contributed by atoms with Gasteiger partial charge in [-0.15, -0.1) is 0 Å². The second kappa shape index (κ2) is 10.7. The largest absolute Gasteiger partial charge is 0.499 e. The Morgan fingerprint density at radius 2 is 1.59 bits per heavy atom. The van der Waals surface area contributed by atoms with Crippen LogP contribution in [0.2, 0.25) is 0 Å². The van der Waals surface area contributed by atoms with Gasteiger partial charge in [0.15, 0.2) is 0 Å². The van der Waals surface area contributed by atoms with Crippen LogP contribution >= 0.6 is 7.82 Å². The molecule has 17 heavy (non-hydrogen) atoms. The predicted octanol–water partition coefficient (Wildman–Crippen LogP) is 2.36. The van der Waals surface area contributed by atoms with Gasteiger partial charge in [0, 0.05) is 0 Å². The van der Waals surface area contributed by atoms with Gasteiger partial charge in [-0.1, -0.05) is 6.58 Å². The molecule has 0 aromatic rings. The maximum atomic E-state index is 11.8. The number of phosphoric ester groups is 1. The molecule has 0 heterocycles. The van der Waals surface area contributed by atoms with Gasteiger partial charge in [0.05, 0.1) is 39.3 Å². The molecule has 0 spiro atoms. The summed E-state index contributed by atoms with van der Waals surface area (Å²) in [6.45, 7) is 8.66. The van der Waals surface area contributed by atoms with E-state index in [1.165, 1.54) is 6.26 Å². The normalized spacial score (nSPS) is 11.4. The summed E-state index contributed by atoms with van der Waals surface area (Å²) in [4.78, 5) is 0. The van der Waals surface area contributed by atoms with Crippen LogP contribution in [0.15, 0.2) is 12.8 Å². The fourth-order valence-electron chi connectivity index (χ4n) is 0.928. The quantitative estimate of drug-likeness (QED) is 0.307. The van der Waals surface area contributed by atoms with Crippen LogP contribution < -0.4 is 0 Å². The third-order valence-electron chi connectivity index (χ3n) is 1.51. The lowest BCUT2D eigenvalue weighted by atomic mass is 10.7. The molecule has 102 valence electrons. The summed E-state index contributed by atoms with van der Waals surface area (Å²) in [7, 11) is -3.41. The molecule has 0 rings (SSSR count). The highest BCUT2D eigenvalue weighted by Crippen LogP contribution is 2.48. The average molecular weight is 268 g/mol. The Morgan fingerprint density at radius 3 is 2.12 bits per heavy atom. The van der Waals surface area contributed by atoms with Crippen LogP contribution in [-0.2, 0) is 27.6 Å². The van der Waals surface area contributed by atoms with Crippen LogP contribution in [0.4, 0.5) is 0 Å². The molecule has 0 aromatic carbocycles. The molecule has 6 nitrogen and oxygen atoms in total. The summed E-state index contributed by atoms with van der Waals surface area (Å²) in [6, 6.07) is 0. The van der Waals surface area contributed by atoms with Gasteiger partial charge in [-0.05, 0) is 13.8 Å². The van der Waals surface area contributed by atoms with E-state index in [0.717, 1.165) is 0 Å². The van der Waals surface area contributed by atoms with Gasteiger partial charge in [0.2, 0.25) is 0 Å². The van der Waals surface area contributed by atoms with Crippen LogP contribution in [0.3, 0.4) is 0 Å². The van der Waals surface area contributed by atoms with E-state index >= 15 is 0 Å². The molecule has 0 atom stereocenters. The van der Waals surface area contributed by atoms with Crippen LogP contribution in [0, 0.1) is 0 Å². The molecule has 0 unspecified atom stereocenters. The molecular weight excluding hydrogens is 247 g/mol. The number of hydrogen-bond acceptors (Lipinski definition) is 6. The van der Waals surface area contributed by atoms with Crippen molar-refractivity contribution in [1.82, 2.24) is 0 Å². The standard InChI is InChI=1S/C10H21O6P/c1-4-12-7-8-13-9-10-16-17(11,14-5-2)15-6-3/h4H,1,5-10H2,2-3H3. The highest BCUT2D eigenvalue weighted by atomic mass is 31.2. The summed E-state index contributed by atoms with van der Waals surface area (Å²) in [5, 5.41) is 0. The molecule has 0 saturated carbocycles. The number of hydrogen-bond donors (Lipinski definition) is 0. The number of rotatable bonds is 12. The maximum absolute atomic E-state index is 11.8. The predicted molar refractivity (Wildman–Crippen MR) is 63.8 cm³/mol. The molecule has 0 amide bonds. The monoisotopic (exact) mass is 268 g/mol. The zero-order valence-electron chi connectivity index (χ0n) is 10.4. The second-order valence-corrected chi connectivity index (χ2v) is 4.43. The zero-order chi connectivity index (χ0) is 13.0. The van der Waals surface area contributed by atoms with Crippen molar-refractivity contribution in [2.75, 3.05) is 39.6 Å². The van der Waals surface area contributed by atoms with Crippen LogP contribution in [-0.4, -0.2) is 39.6 Å². The molecule has 0 aliphatic heterocycles. The van der Waals surface area contributed by atoms with Crippen molar-refractivity contribution < 1.29 is 27.6 Å². The van der Waals surface area contributed by atoms with Gasteiger partial charge >= 0.3 is 7.82 Å². The summed E-state index contributed by atoms with van der Waals surface area (Å²) in [5.41, 5.74) is 0. The first-order chi connectivity index (χ1) is 8.18. The molecule has 0 bridgehead atoms. The Morgan fingerprint density at radius 1 is 1.00 bits per heavy atom. The van der Waals surface area contributed by atoms with Crippen molar-refractivity contribution in [3.05, 3.63) is 12.8 Å². The highest BCUT2D eigenvalue weighted by molar-refractivity contribution is 7.48. The van der Waals surface area contributed by atoms with Crippen LogP contribution in [0.1, 0.15) is 13.8 Å². The van der Waals surface area contributed by atoms with Gasteiger partial charge < -0.3 is 9.47 Å². The van der Waals surface area contributed by atoms with E-state index in [-0.39, 0.29) is 19.8 Å². The van der Waals surface area contributed by atoms with Gasteiger partial charge in [-0.2, -0.15) is 0 Å². The van der Waals surface area contributed by atoms with Crippen molar-refractivity contribution in [2.24, 2.45) is 0 Å². The SMILES string of the molecule is C=COCCOCCOP(=O)(OCC)OCC. The zero-order valence-corrected chi connectivity index (χ0v) is 11.3. The molecule has 0 N–H and O–H groups in total. The van der Waals surface area contributed by atoms with Gasteiger partial charge in [0.1, 0.15) is 6.61 Å². The van der Waals surface area contributed by atoms with Gasteiger partial charge in [-0.3, -0.25) is 13.6 Å². The summed E-state index contributed by atoms with van der Waals surface area (Å²) in [5.74, 6) is 0. The topological polar surface area (TPSA) is 63.2 Å². The maximum Gasteiger partial charge on any atom is 0.474 e. The Labute approximate surface area is 102 Å². The van der Waals surface area contributed by atoms with E-state index < -0.39 is 7.82 Å². The first-order valence-electron chi connectivity index (χ1n) is 5.52.